The molecule has 1 aromatic carbocycles. The van der Waals surface area contributed by atoms with Gasteiger partial charge in [0.25, 0.3) is 5.69 Å². The van der Waals surface area contributed by atoms with E-state index in [1.807, 2.05) is 0 Å². The van der Waals surface area contributed by atoms with Crippen molar-refractivity contribution < 1.29 is 18.8 Å². The van der Waals surface area contributed by atoms with Gasteiger partial charge in [0, 0.05) is 6.54 Å². The quantitative estimate of drug-likeness (QED) is 0.455. The number of rotatable bonds is 6. The zero-order valence-corrected chi connectivity index (χ0v) is 11.7. The fourth-order valence-corrected chi connectivity index (χ4v) is 1.79. The summed E-state index contributed by atoms with van der Waals surface area (Å²) in [6, 6.07) is 2.24. The van der Waals surface area contributed by atoms with E-state index in [0.29, 0.717) is 6.54 Å². The Labute approximate surface area is 116 Å². The Kier molecular flexibility index (Phi) is 5.42. The van der Waals surface area contributed by atoms with Crippen LogP contribution in [0.4, 0.5) is 15.8 Å². The molecule has 1 rings (SSSR count). The summed E-state index contributed by atoms with van der Waals surface area (Å²) < 4.78 is 18.3. The average Bonchev–Trinajstić information content (AvgIpc) is 2.39. The highest BCUT2D eigenvalue weighted by Crippen LogP contribution is 2.30. The molecule has 0 bridgehead atoms. The number of carbonyl (C=O) groups excluding carboxylic acids is 1. The number of halogens is 1. The topological polar surface area (TPSA) is 72.7 Å². The second kappa shape index (κ2) is 6.83. The molecular formula is C13H17FN2O4. The first kappa shape index (κ1) is 15.9. The Hall–Kier alpha value is -2.18. The lowest BCUT2D eigenvalue weighted by Gasteiger charge is -2.22. The van der Waals surface area contributed by atoms with Crippen LogP contribution in [-0.4, -0.2) is 30.6 Å². The maximum absolute atomic E-state index is 13.5. The van der Waals surface area contributed by atoms with Gasteiger partial charge in [0.15, 0.2) is 0 Å². The lowest BCUT2D eigenvalue weighted by Crippen LogP contribution is -2.31. The first-order chi connectivity index (χ1) is 9.40. The number of aryl methyl sites for hydroxylation is 1. The van der Waals surface area contributed by atoms with Gasteiger partial charge in [-0.05, 0) is 32.4 Å². The Morgan fingerprint density at radius 3 is 2.60 bits per heavy atom. The predicted molar refractivity (Wildman–Crippen MR) is 72.3 cm³/mol. The lowest BCUT2D eigenvalue weighted by atomic mass is 10.1. The molecule has 0 N–H and O–H groups in total. The van der Waals surface area contributed by atoms with E-state index in [1.165, 1.54) is 17.9 Å². The lowest BCUT2D eigenvalue weighted by molar-refractivity contribution is -0.384. The second-order valence-electron chi connectivity index (χ2n) is 4.17. The van der Waals surface area contributed by atoms with Crippen LogP contribution in [0, 0.1) is 22.9 Å². The molecule has 6 nitrogen and oxygen atoms in total. The maximum Gasteiger partial charge on any atom is 0.325 e. The van der Waals surface area contributed by atoms with Crippen LogP contribution in [0.1, 0.15) is 19.4 Å². The Morgan fingerprint density at radius 2 is 2.10 bits per heavy atom. The number of nitrogens with zero attached hydrogens (tertiary/aromatic N) is 2. The Bertz CT molecular complexity index is 519. The third-order valence-electron chi connectivity index (χ3n) is 2.80. The van der Waals surface area contributed by atoms with Crippen LogP contribution in [0.2, 0.25) is 0 Å². The fourth-order valence-electron chi connectivity index (χ4n) is 1.79. The highest BCUT2D eigenvalue weighted by atomic mass is 19.1. The first-order valence-electron chi connectivity index (χ1n) is 6.25. The molecule has 0 aliphatic rings. The van der Waals surface area contributed by atoms with Gasteiger partial charge in [0.1, 0.15) is 18.0 Å². The molecule has 0 fully saturated rings. The maximum atomic E-state index is 13.5. The smallest absolute Gasteiger partial charge is 0.325 e. The SMILES string of the molecule is CCOC(=O)CN(CC)c1cc(C)c(F)cc1[N+](=O)[O-]. The van der Waals surface area contributed by atoms with Gasteiger partial charge in [-0.2, -0.15) is 0 Å². The van der Waals surface area contributed by atoms with E-state index in [1.54, 1.807) is 13.8 Å². The molecule has 7 heteroatoms. The average molecular weight is 284 g/mol. The van der Waals surface area contributed by atoms with Gasteiger partial charge in [0.2, 0.25) is 0 Å². The van der Waals surface area contributed by atoms with E-state index in [-0.39, 0.29) is 30.1 Å². The van der Waals surface area contributed by atoms with E-state index >= 15 is 0 Å². The summed E-state index contributed by atoms with van der Waals surface area (Å²) in [5.74, 6) is -1.13. The van der Waals surface area contributed by atoms with Crippen molar-refractivity contribution in [3.05, 3.63) is 33.6 Å². The Balaban J connectivity index is 3.16. The number of benzene rings is 1. The number of ether oxygens (including phenoxy) is 1. The second-order valence-corrected chi connectivity index (χ2v) is 4.17. The van der Waals surface area contributed by atoms with Crippen molar-refractivity contribution >= 4 is 17.3 Å². The van der Waals surface area contributed by atoms with Crippen LogP contribution in [0.15, 0.2) is 12.1 Å². The molecule has 110 valence electrons. The minimum absolute atomic E-state index is 0.115. The highest BCUT2D eigenvalue weighted by molar-refractivity contribution is 5.78. The van der Waals surface area contributed by atoms with Crippen molar-refractivity contribution in [3.8, 4) is 0 Å². The zero-order valence-electron chi connectivity index (χ0n) is 11.7. The number of nitro groups is 1. The monoisotopic (exact) mass is 284 g/mol. The molecule has 0 unspecified atom stereocenters. The molecule has 20 heavy (non-hydrogen) atoms. The van der Waals surface area contributed by atoms with Gasteiger partial charge in [-0.1, -0.05) is 0 Å². The van der Waals surface area contributed by atoms with Crippen LogP contribution < -0.4 is 4.90 Å². The highest BCUT2D eigenvalue weighted by Gasteiger charge is 2.23. The van der Waals surface area contributed by atoms with E-state index in [9.17, 15) is 19.3 Å². The van der Waals surface area contributed by atoms with Crippen molar-refractivity contribution in [2.24, 2.45) is 0 Å². The molecule has 0 aromatic heterocycles. The van der Waals surface area contributed by atoms with Gasteiger partial charge in [-0.15, -0.1) is 0 Å². The number of nitro benzene ring substituents is 1. The van der Waals surface area contributed by atoms with Crippen LogP contribution >= 0.6 is 0 Å². The Morgan fingerprint density at radius 1 is 1.45 bits per heavy atom. The van der Waals surface area contributed by atoms with E-state index < -0.39 is 16.7 Å². The van der Waals surface area contributed by atoms with E-state index in [4.69, 9.17) is 4.74 Å². The number of esters is 1. The summed E-state index contributed by atoms with van der Waals surface area (Å²) in [7, 11) is 0. The minimum Gasteiger partial charge on any atom is -0.465 e. The van der Waals surface area contributed by atoms with Crippen LogP contribution in [0.5, 0.6) is 0 Å². The number of anilines is 1. The van der Waals surface area contributed by atoms with Crippen molar-refractivity contribution in [2.45, 2.75) is 20.8 Å². The summed E-state index contributed by atoms with van der Waals surface area (Å²) in [6.45, 7) is 5.43. The minimum atomic E-state index is -0.661. The summed E-state index contributed by atoms with van der Waals surface area (Å²) in [5.41, 5.74) is 0.136. The predicted octanol–water partition coefficient (Wildman–Crippen LogP) is 2.43. The number of carbonyl (C=O) groups is 1. The molecule has 0 saturated heterocycles. The van der Waals surface area contributed by atoms with Crippen LogP contribution in [0.25, 0.3) is 0 Å². The van der Waals surface area contributed by atoms with Crippen molar-refractivity contribution in [1.82, 2.24) is 0 Å². The van der Waals surface area contributed by atoms with Crippen molar-refractivity contribution in [3.63, 3.8) is 0 Å². The molecular weight excluding hydrogens is 267 g/mol. The fraction of sp³-hybridized carbons (Fsp3) is 0.462. The largest absolute Gasteiger partial charge is 0.465 e. The van der Waals surface area contributed by atoms with Gasteiger partial charge in [-0.25, -0.2) is 4.39 Å². The third kappa shape index (κ3) is 3.66. The normalized spacial score (nSPS) is 10.2. The molecule has 0 heterocycles. The number of hydrogen-bond acceptors (Lipinski definition) is 5. The van der Waals surface area contributed by atoms with E-state index in [0.717, 1.165) is 6.07 Å². The molecule has 0 atom stereocenters. The third-order valence-corrected chi connectivity index (χ3v) is 2.80. The first-order valence-corrected chi connectivity index (χ1v) is 6.25. The summed E-state index contributed by atoms with van der Waals surface area (Å²) in [4.78, 5) is 23.4. The van der Waals surface area contributed by atoms with Gasteiger partial charge >= 0.3 is 5.97 Å². The van der Waals surface area contributed by atoms with E-state index in [2.05, 4.69) is 0 Å². The molecule has 0 saturated carbocycles. The number of hydrogen-bond donors (Lipinski definition) is 0. The van der Waals surface area contributed by atoms with Crippen LogP contribution in [-0.2, 0) is 9.53 Å². The van der Waals surface area contributed by atoms with Gasteiger partial charge in [0.05, 0.1) is 17.6 Å². The molecule has 0 amide bonds. The molecule has 0 spiro atoms. The zero-order chi connectivity index (χ0) is 15.3. The molecule has 0 aliphatic carbocycles. The van der Waals surface area contributed by atoms with Crippen LogP contribution in [0.3, 0.4) is 0 Å². The van der Waals surface area contributed by atoms with Crippen molar-refractivity contribution in [2.75, 3.05) is 24.6 Å². The van der Waals surface area contributed by atoms with Gasteiger partial charge in [-0.3, -0.25) is 14.9 Å². The molecule has 1 aromatic rings. The number of likely N-dealkylation sites (N-methyl/N-ethyl adjacent to an activating group) is 1. The summed E-state index contributed by atoms with van der Waals surface area (Å²) >= 11 is 0. The van der Waals surface area contributed by atoms with Crippen molar-refractivity contribution in [1.29, 1.82) is 0 Å². The molecule has 0 radical (unpaired) electrons. The standard InChI is InChI=1S/C13H17FN2O4/c1-4-15(8-13(17)20-5-2)11-6-9(3)10(14)7-12(11)16(18)19/h6-7H,4-5,8H2,1-3H3. The molecule has 0 aliphatic heterocycles. The summed E-state index contributed by atoms with van der Waals surface area (Å²) in [5, 5.41) is 11.0. The summed E-state index contributed by atoms with van der Waals surface area (Å²) in [6.07, 6.45) is 0. The van der Waals surface area contributed by atoms with Gasteiger partial charge < -0.3 is 9.64 Å².